The van der Waals surface area contributed by atoms with Gasteiger partial charge in [-0.2, -0.15) is 0 Å². The molecule has 0 fully saturated rings. The number of benzene rings is 6. The van der Waals surface area contributed by atoms with Crippen LogP contribution in [0, 0.1) is 0 Å². The fourth-order valence-corrected chi connectivity index (χ4v) is 10.9. The van der Waals surface area contributed by atoms with E-state index in [1.165, 1.54) is 0 Å². The number of ether oxygens (including phenoxy) is 2. The lowest BCUT2D eigenvalue weighted by Gasteiger charge is -2.18. The number of amides is 3. The Morgan fingerprint density at radius 1 is 0.577 bits per heavy atom. The van der Waals surface area contributed by atoms with Gasteiger partial charge in [0.15, 0.2) is 5.78 Å². The highest BCUT2D eigenvalue weighted by Crippen LogP contribution is 2.34. The molecule has 6 aromatic carbocycles. The Bertz CT molecular complexity index is 3700. The maximum absolute atomic E-state index is 13.4. The minimum Gasteiger partial charge on any atom is -0.478 e. The van der Waals surface area contributed by atoms with Crippen LogP contribution >= 0.6 is 80.2 Å². The lowest BCUT2D eigenvalue weighted by atomic mass is 9.99. The number of hydrogen-bond acceptors (Lipinski definition) is 14. The fourth-order valence-electron chi connectivity index (χ4n) is 9.54. The van der Waals surface area contributed by atoms with Crippen molar-refractivity contribution < 1.29 is 65.9 Å². The number of ketones is 2. The number of carbonyl (C=O) groups excluding carboxylic acids is 7. The van der Waals surface area contributed by atoms with Crippen molar-refractivity contribution in [3.8, 4) is 22.3 Å². The van der Waals surface area contributed by atoms with E-state index < -0.39 is 69.3 Å². The molecule has 2 aliphatic rings. The van der Waals surface area contributed by atoms with E-state index in [4.69, 9.17) is 70.9 Å². The average molecular weight is 1500 g/mol. The highest BCUT2D eigenvalue weighted by Gasteiger charge is 2.29. The summed E-state index contributed by atoms with van der Waals surface area (Å²) in [6.45, 7) is 3.50. The summed E-state index contributed by atoms with van der Waals surface area (Å²) in [5.74, 6) is -4.60. The van der Waals surface area contributed by atoms with Gasteiger partial charge in [0.1, 0.15) is 30.2 Å². The number of esters is 2. The van der Waals surface area contributed by atoms with Gasteiger partial charge in [-0.1, -0.05) is 139 Å². The molecule has 2 unspecified atom stereocenters. The quantitative estimate of drug-likeness (QED) is 0.0264. The Morgan fingerprint density at radius 3 is 1.32 bits per heavy atom. The van der Waals surface area contributed by atoms with Gasteiger partial charge in [0, 0.05) is 64.0 Å². The van der Waals surface area contributed by atoms with Crippen LogP contribution in [0.3, 0.4) is 0 Å². The van der Waals surface area contributed by atoms with Crippen molar-refractivity contribution in [1.29, 1.82) is 0 Å². The van der Waals surface area contributed by atoms with Crippen molar-refractivity contribution in [1.82, 2.24) is 16.0 Å². The van der Waals surface area contributed by atoms with E-state index >= 15 is 0 Å². The van der Waals surface area contributed by atoms with Crippen LogP contribution in [-0.4, -0.2) is 132 Å². The lowest BCUT2D eigenvalue weighted by molar-refractivity contribution is -0.146. The standard InChI is InChI=1S/C34H34Cl2FN3O5.C21H22Cl2N2O4.C13H14FNO2.CH4.Cl2OS.ClH/c1-2-45-34(44)30(40-33(43)31-28(35)17-24(18-29(31)36)22-8-4-3-5-9-22)14-13-27(41)20-39-32(42)23-10-6-7-21(15-23)16-26-12-11-25(37)19-38-26;1-2-29-21(28)18(9-8-15(26)12-24)25-20(27)19-16(22)10-14(11-17(19)23)13-6-4-3-5-7-13;14-11-4-5-12(15-8-11)7-9-2-1-3-10(6-9)13(16)17;;1-4(2)3;/h3-10,15,17-18,25,30H,2,11-14,16,19-20H2,1H3,(H,39,42)(H,40,43);3-7,10-11,18H,2,8-9,12,24H2,1H3,(H,25,27);1-3,6,11H,4-5,7-8H2,(H,16,17);1H4;;1H/t25?,30-;18-;;;;/m00..../s1. The number of carboxylic acid groups (broad SMARTS) is 1. The fraction of sp³-hybridized carbons (Fsp3) is 0.333. The molecule has 0 saturated heterocycles. The van der Waals surface area contributed by atoms with Crippen LogP contribution in [0.25, 0.3) is 22.3 Å². The highest BCUT2D eigenvalue weighted by molar-refractivity contribution is 8.26. The molecule has 6 N–H and O–H groups in total. The van der Waals surface area contributed by atoms with E-state index in [2.05, 4.69) is 47.3 Å². The third kappa shape index (κ3) is 29.0. The van der Waals surface area contributed by atoms with Gasteiger partial charge < -0.3 is 36.3 Å². The molecule has 0 aromatic heterocycles. The van der Waals surface area contributed by atoms with E-state index in [9.17, 15) is 47.1 Å². The second-order valence-corrected chi connectivity index (χ2v) is 25.4. The number of nitrogens with two attached hydrogens (primary N) is 1. The smallest absolute Gasteiger partial charge is 0.335 e. The zero-order valence-corrected chi connectivity index (χ0v) is 58.2. The van der Waals surface area contributed by atoms with Gasteiger partial charge in [-0.15, -0.1) is 12.4 Å². The van der Waals surface area contributed by atoms with E-state index in [0.29, 0.717) is 44.1 Å². The van der Waals surface area contributed by atoms with Gasteiger partial charge in [0.05, 0.1) is 76.2 Å². The van der Waals surface area contributed by atoms with Crippen molar-refractivity contribution in [2.45, 2.75) is 110 Å². The number of alkyl halides is 2. The van der Waals surface area contributed by atoms with E-state index in [0.717, 1.165) is 44.8 Å². The minimum absolute atomic E-state index is 0. The van der Waals surface area contributed by atoms with Crippen molar-refractivity contribution in [3.05, 3.63) is 187 Å². The number of carboxylic acids is 1. The van der Waals surface area contributed by atoms with Crippen LogP contribution in [0.1, 0.15) is 125 Å². The van der Waals surface area contributed by atoms with Crippen LogP contribution in [0.5, 0.6) is 0 Å². The Hall–Kier alpha value is -7.18. The molecule has 0 radical (unpaired) electrons. The second-order valence-electron chi connectivity index (χ2n) is 21.3. The Kier molecular flexibility index (Phi) is 38.1. The van der Waals surface area contributed by atoms with Gasteiger partial charge >= 0.3 is 17.9 Å². The largest absolute Gasteiger partial charge is 0.478 e. The molecule has 0 saturated carbocycles. The molecule has 0 bridgehead atoms. The number of nitrogens with zero attached hydrogens (tertiary/aromatic N) is 2. The Balaban J connectivity index is 0.000000401. The summed E-state index contributed by atoms with van der Waals surface area (Å²) in [5.41, 5.74) is 12.9. The first kappa shape index (κ1) is 84.0. The number of hydrogen-bond donors (Lipinski definition) is 5. The summed E-state index contributed by atoms with van der Waals surface area (Å²) in [6, 6.07) is 36.9. The molecule has 2 aliphatic heterocycles. The third-order valence-electron chi connectivity index (χ3n) is 14.3. The number of halogens is 9. The number of Topliss-reactive ketones (excluding diaryl/α,β-unsaturated/α-hetero) is 2. The van der Waals surface area contributed by atoms with Gasteiger partial charge in [0.25, 0.3) is 17.7 Å². The van der Waals surface area contributed by atoms with Crippen LogP contribution in [-0.2, 0) is 50.7 Å². The monoisotopic (exact) mass is 1490 g/mol. The molecule has 522 valence electrons. The molecular weight excluding hydrogens is 1420 g/mol. The average Bonchev–Trinajstić information content (AvgIpc) is 0.821. The van der Waals surface area contributed by atoms with Crippen LogP contribution in [0.2, 0.25) is 20.1 Å². The Morgan fingerprint density at radius 2 is 0.959 bits per heavy atom. The van der Waals surface area contributed by atoms with Crippen molar-refractivity contribution in [2.75, 3.05) is 39.4 Å². The topological polar surface area (TPSA) is 279 Å². The predicted octanol–water partition coefficient (Wildman–Crippen LogP) is 14.4. The molecule has 18 nitrogen and oxygen atoms in total. The molecule has 0 aliphatic carbocycles. The number of aliphatic imine (C=N–C) groups is 2. The second kappa shape index (κ2) is 44.0. The highest BCUT2D eigenvalue weighted by atomic mass is 36.0. The van der Waals surface area contributed by atoms with Crippen molar-refractivity contribution in [3.63, 3.8) is 0 Å². The number of carbonyl (C=O) groups is 8. The summed E-state index contributed by atoms with van der Waals surface area (Å²) >= 11 is 25.5. The van der Waals surface area contributed by atoms with Crippen LogP contribution in [0.4, 0.5) is 8.78 Å². The predicted molar refractivity (Wildman–Crippen MR) is 383 cm³/mol. The number of rotatable bonds is 25. The minimum atomic E-state index is -1.67. The molecule has 4 atom stereocenters. The maximum Gasteiger partial charge on any atom is 0.335 e. The zero-order valence-electron chi connectivity index (χ0n) is 52.1. The summed E-state index contributed by atoms with van der Waals surface area (Å²) in [4.78, 5) is 107. The van der Waals surface area contributed by atoms with Crippen molar-refractivity contribution in [2.24, 2.45) is 15.7 Å². The molecule has 3 amide bonds. The van der Waals surface area contributed by atoms with E-state index in [1.807, 2.05) is 72.8 Å². The molecule has 97 heavy (non-hydrogen) atoms. The first-order valence-corrected chi connectivity index (χ1v) is 34.2. The molecular formula is C69H75Cl7F2N6O12S. The summed E-state index contributed by atoms with van der Waals surface area (Å²) in [5, 5.41) is 17.1. The van der Waals surface area contributed by atoms with Crippen molar-refractivity contribution >= 4 is 148 Å². The number of aromatic carboxylic acids is 1. The van der Waals surface area contributed by atoms with Crippen LogP contribution < -0.4 is 21.7 Å². The summed E-state index contributed by atoms with van der Waals surface area (Å²) in [7, 11) is 7.36. The Labute approximate surface area is 600 Å². The van der Waals surface area contributed by atoms with E-state index in [1.54, 1.807) is 74.5 Å². The first-order valence-electron chi connectivity index (χ1n) is 29.9. The zero-order chi connectivity index (χ0) is 69.6. The third-order valence-corrected chi connectivity index (χ3v) is 15.5. The maximum atomic E-state index is 13.4. The SMILES string of the molecule is C.CCOC(=O)[C@H](CCC(=O)CN)NC(=O)c1c(Cl)cc(-c2ccccc2)cc1Cl.CCOC(=O)[C@H](CCC(=O)CNC(=O)c1cccc(CC2=NCC(F)CC2)c1)NC(=O)c1c(Cl)cc(-c2ccccc2)cc1Cl.Cl.O=C(O)c1cccc(CC2=NCC(F)CC2)c1.O=S(Cl)Cl. The molecule has 28 heteroatoms. The van der Waals surface area contributed by atoms with Gasteiger partial charge in [0.2, 0.25) is 9.23 Å². The summed E-state index contributed by atoms with van der Waals surface area (Å²) < 4.78 is 45.4. The molecule has 2 heterocycles. The molecule has 8 rings (SSSR count). The molecule has 0 spiro atoms. The number of nitrogens with one attached hydrogen (secondary N) is 3. The van der Waals surface area contributed by atoms with Gasteiger partial charge in [-0.25, -0.2) is 27.4 Å². The summed E-state index contributed by atoms with van der Waals surface area (Å²) in [6.07, 6.45) is 1.58. The first-order chi connectivity index (χ1) is 45.4. The van der Waals surface area contributed by atoms with E-state index in [-0.39, 0.29) is 133 Å². The van der Waals surface area contributed by atoms with Gasteiger partial charge in [-0.3, -0.25) is 34.0 Å². The van der Waals surface area contributed by atoms with Crippen LogP contribution in [0.15, 0.2) is 143 Å². The lowest BCUT2D eigenvalue weighted by Crippen LogP contribution is -2.42. The normalized spacial score (nSPS) is 14.3. The molecule has 6 aromatic rings. The van der Waals surface area contributed by atoms with Gasteiger partial charge in [-0.05, 0) is 134 Å².